The van der Waals surface area contributed by atoms with E-state index in [-0.39, 0.29) is 4.97 Å². The number of hydrogen-bond acceptors (Lipinski definition) is 3. The van der Waals surface area contributed by atoms with Gasteiger partial charge in [-0.3, -0.25) is 0 Å². The molecule has 0 saturated carbocycles. The summed E-state index contributed by atoms with van der Waals surface area (Å²) in [6, 6.07) is 0. The number of hydroxylamine groups is 3. The SMILES string of the molecule is CCC[N+](OCC)(OCC)OCC. The second-order valence-corrected chi connectivity index (χ2v) is 2.59. The van der Waals surface area contributed by atoms with Crippen LogP contribution in [0.4, 0.5) is 0 Å². The minimum absolute atomic E-state index is 0.125. The van der Waals surface area contributed by atoms with Gasteiger partial charge in [0.1, 0.15) is 19.8 Å². The Labute approximate surface area is 80.8 Å². The van der Waals surface area contributed by atoms with E-state index in [1.807, 2.05) is 20.8 Å². The van der Waals surface area contributed by atoms with E-state index in [9.17, 15) is 0 Å². The fraction of sp³-hybridized carbons (Fsp3) is 1.00. The molecule has 0 aromatic rings. The number of nitrogens with zero attached hydrogens (tertiary/aromatic N) is 1. The lowest BCUT2D eigenvalue weighted by atomic mass is 10.5. The summed E-state index contributed by atoms with van der Waals surface area (Å²) < 4.78 is 0. The van der Waals surface area contributed by atoms with E-state index in [0.29, 0.717) is 19.8 Å². The zero-order valence-corrected chi connectivity index (χ0v) is 9.21. The van der Waals surface area contributed by atoms with Crippen molar-refractivity contribution in [1.82, 2.24) is 0 Å². The van der Waals surface area contributed by atoms with Crippen molar-refractivity contribution in [2.24, 2.45) is 0 Å². The Morgan fingerprint density at radius 3 is 1.38 bits per heavy atom. The van der Waals surface area contributed by atoms with Crippen LogP contribution < -0.4 is 0 Å². The Morgan fingerprint density at radius 1 is 0.769 bits per heavy atom. The van der Waals surface area contributed by atoms with E-state index in [0.717, 1.165) is 13.0 Å². The molecule has 13 heavy (non-hydrogen) atoms. The van der Waals surface area contributed by atoms with E-state index >= 15 is 0 Å². The zero-order valence-electron chi connectivity index (χ0n) is 9.21. The van der Waals surface area contributed by atoms with Crippen LogP contribution in [0, 0.1) is 0 Å². The van der Waals surface area contributed by atoms with E-state index in [1.54, 1.807) is 0 Å². The van der Waals surface area contributed by atoms with Gasteiger partial charge in [-0.2, -0.15) is 0 Å². The molecule has 0 N–H and O–H groups in total. The Hall–Kier alpha value is -0.160. The highest BCUT2D eigenvalue weighted by atomic mass is 17.2. The summed E-state index contributed by atoms with van der Waals surface area (Å²) in [6.07, 6.45) is 0.958. The zero-order chi connectivity index (χ0) is 10.2. The van der Waals surface area contributed by atoms with Gasteiger partial charge in [-0.15, -0.1) is 14.5 Å². The highest BCUT2D eigenvalue weighted by Crippen LogP contribution is 2.12. The molecule has 0 saturated heterocycles. The van der Waals surface area contributed by atoms with Crippen molar-refractivity contribution >= 4 is 0 Å². The molecule has 0 radical (unpaired) electrons. The molecule has 0 atom stereocenters. The van der Waals surface area contributed by atoms with Gasteiger partial charge in [-0.25, -0.2) is 0 Å². The second kappa shape index (κ2) is 7.26. The molecular formula is C9H22NO3+. The van der Waals surface area contributed by atoms with E-state index in [1.165, 1.54) is 0 Å². The molecule has 4 nitrogen and oxygen atoms in total. The lowest BCUT2D eigenvalue weighted by Gasteiger charge is -2.27. The van der Waals surface area contributed by atoms with Crippen molar-refractivity contribution in [3.05, 3.63) is 0 Å². The van der Waals surface area contributed by atoms with Crippen LogP contribution in [0.5, 0.6) is 0 Å². The Kier molecular flexibility index (Phi) is 7.17. The predicted octanol–water partition coefficient (Wildman–Crippen LogP) is 2.07. The summed E-state index contributed by atoms with van der Waals surface area (Å²) in [5.74, 6) is 0. The molecule has 0 aromatic carbocycles. The van der Waals surface area contributed by atoms with Crippen LogP contribution in [0.1, 0.15) is 34.1 Å². The number of rotatable bonds is 8. The van der Waals surface area contributed by atoms with Crippen LogP contribution in [0.15, 0.2) is 0 Å². The molecule has 80 valence electrons. The van der Waals surface area contributed by atoms with Gasteiger partial charge in [0.2, 0.25) is 0 Å². The lowest BCUT2D eigenvalue weighted by molar-refractivity contribution is -1.37. The summed E-state index contributed by atoms with van der Waals surface area (Å²) in [7, 11) is 0. The van der Waals surface area contributed by atoms with Gasteiger partial charge in [0, 0.05) is 6.42 Å². The summed E-state index contributed by atoms with van der Waals surface area (Å²) in [4.78, 5) is 16.2. The van der Waals surface area contributed by atoms with Gasteiger partial charge in [0.05, 0.1) is 4.97 Å². The molecule has 0 unspecified atom stereocenters. The van der Waals surface area contributed by atoms with E-state index in [4.69, 9.17) is 14.5 Å². The second-order valence-electron chi connectivity index (χ2n) is 2.59. The van der Waals surface area contributed by atoms with Gasteiger partial charge in [0.15, 0.2) is 6.54 Å². The maximum Gasteiger partial charge on any atom is 0.178 e. The fourth-order valence-corrected chi connectivity index (χ4v) is 1.17. The molecule has 0 heterocycles. The summed E-state index contributed by atoms with van der Waals surface area (Å²) in [5, 5.41) is 0. The van der Waals surface area contributed by atoms with Gasteiger partial charge in [-0.1, -0.05) is 6.92 Å². The molecule has 0 aliphatic heterocycles. The third kappa shape index (κ3) is 4.57. The molecule has 0 bridgehead atoms. The first-order chi connectivity index (χ1) is 6.24. The molecule has 4 heteroatoms. The third-order valence-electron chi connectivity index (χ3n) is 1.47. The maximum atomic E-state index is 5.44. The topological polar surface area (TPSA) is 27.7 Å². The molecule has 0 amide bonds. The minimum Gasteiger partial charge on any atom is -0.132 e. The first kappa shape index (κ1) is 12.8. The fourth-order valence-electron chi connectivity index (χ4n) is 1.17. The van der Waals surface area contributed by atoms with Crippen molar-refractivity contribution in [2.45, 2.75) is 34.1 Å². The molecule has 0 aromatic heterocycles. The Bertz CT molecular complexity index is 89.9. The van der Waals surface area contributed by atoms with Gasteiger partial charge in [-0.05, 0) is 20.8 Å². The van der Waals surface area contributed by atoms with Crippen LogP contribution in [-0.4, -0.2) is 31.3 Å². The molecule has 0 aliphatic rings. The van der Waals surface area contributed by atoms with Crippen LogP contribution in [0.3, 0.4) is 0 Å². The first-order valence-corrected chi connectivity index (χ1v) is 5.06. The predicted molar refractivity (Wildman–Crippen MR) is 50.3 cm³/mol. The number of hydrogen-bond donors (Lipinski definition) is 0. The molecule has 0 aliphatic carbocycles. The largest absolute Gasteiger partial charge is 0.178 e. The first-order valence-electron chi connectivity index (χ1n) is 5.06. The molecule has 0 spiro atoms. The Morgan fingerprint density at radius 2 is 1.15 bits per heavy atom. The molecule has 0 fully saturated rings. The van der Waals surface area contributed by atoms with Crippen molar-refractivity contribution in [1.29, 1.82) is 0 Å². The van der Waals surface area contributed by atoms with Crippen LogP contribution in [-0.2, 0) is 14.5 Å². The monoisotopic (exact) mass is 192 g/mol. The normalized spacial score (nSPS) is 12.0. The molecule has 0 rings (SSSR count). The van der Waals surface area contributed by atoms with Crippen molar-refractivity contribution in [3.63, 3.8) is 0 Å². The Balaban J connectivity index is 4.19. The highest BCUT2D eigenvalue weighted by Gasteiger charge is 2.32. The quantitative estimate of drug-likeness (QED) is 0.435. The maximum absolute atomic E-state index is 5.44. The van der Waals surface area contributed by atoms with Gasteiger partial charge >= 0.3 is 0 Å². The summed E-state index contributed by atoms with van der Waals surface area (Å²) in [5.41, 5.74) is 0. The average molecular weight is 192 g/mol. The highest BCUT2D eigenvalue weighted by molar-refractivity contribution is 4.16. The van der Waals surface area contributed by atoms with Gasteiger partial charge < -0.3 is 0 Å². The van der Waals surface area contributed by atoms with Crippen molar-refractivity contribution < 1.29 is 19.5 Å². The van der Waals surface area contributed by atoms with Crippen LogP contribution >= 0.6 is 0 Å². The van der Waals surface area contributed by atoms with Crippen molar-refractivity contribution in [2.75, 3.05) is 26.4 Å². The van der Waals surface area contributed by atoms with Crippen LogP contribution in [0.25, 0.3) is 0 Å². The third-order valence-corrected chi connectivity index (χ3v) is 1.47. The van der Waals surface area contributed by atoms with E-state index < -0.39 is 0 Å². The summed E-state index contributed by atoms with van der Waals surface area (Å²) in [6.45, 7) is 10.3. The smallest absolute Gasteiger partial charge is 0.132 e. The van der Waals surface area contributed by atoms with Crippen molar-refractivity contribution in [3.8, 4) is 0 Å². The van der Waals surface area contributed by atoms with Crippen LogP contribution in [0.2, 0.25) is 0 Å². The number of quaternary nitrogens is 1. The standard InChI is InChI=1S/C9H22NO3/c1-5-9-10(11-6-2,12-7-3)13-8-4/h5-9H2,1-4H3/q+1. The van der Waals surface area contributed by atoms with Gasteiger partial charge in [0.25, 0.3) is 0 Å². The minimum atomic E-state index is -0.125. The van der Waals surface area contributed by atoms with E-state index in [2.05, 4.69) is 6.92 Å². The molecular weight excluding hydrogens is 170 g/mol. The average Bonchev–Trinajstić information content (AvgIpc) is 2.06. The lowest BCUT2D eigenvalue weighted by Crippen LogP contribution is -2.48. The summed E-state index contributed by atoms with van der Waals surface area (Å²) >= 11 is 0.